The van der Waals surface area contributed by atoms with Crippen molar-refractivity contribution < 1.29 is 4.74 Å². The second-order valence-corrected chi connectivity index (χ2v) is 7.01. The van der Waals surface area contributed by atoms with Crippen LogP contribution >= 0.6 is 0 Å². The van der Waals surface area contributed by atoms with Gasteiger partial charge in [-0.2, -0.15) is 0 Å². The summed E-state index contributed by atoms with van der Waals surface area (Å²) in [4.78, 5) is 13.5. The Morgan fingerprint density at radius 1 is 0.862 bits per heavy atom. The highest BCUT2D eigenvalue weighted by Crippen LogP contribution is 2.26. The number of ether oxygens (including phenoxy) is 1. The Morgan fingerprint density at radius 2 is 1.59 bits per heavy atom. The predicted molar refractivity (Wildman–Crippen MR) is 117 cm³/mol. The number of hydrogen-bond donors (Lipinski definition) is 2. The lowest BCUT2D eigenvalue weighted by Gasteiger charge is -2.13. The maximum atomic E-state index is 5.69. The molecule has 0 spiro atoms. The summed E-state index contributed by atoms with van der Waals surface area (Å²) in [5, 5.41) is 7.77. The summed E-state index contributed by atoms with van der Waals surface area (Å²) in [6.07, 6.45) is 1.94. The molecule has 0 aliphatic rings. The topological polar surface area (TPSA) is 72.0 Å². The predicted octanol–water partition coefficient (Wildman–Crippen LogP) is 5.61. The Bertz CT molecular complexity index is 1120. The van der Waals surface area contributed by atoms with Crippen molar-refractivity contribution in [1.82, 2.24) is 15.0 Å². The van der Waals surface area contributed by atoms with Crippen LogP contribution in [0.4, 0.5) is 23.0 Å². The molecule has 0 atom stereocenters. The number of fused-ring (bicyclic) bond motifs is 1. The molecule has 146 valence electrons. The molecule has 2 aromatic carbocycles. The highest BCUT2D eigenvalue weighted by Gasteiger charge is 2.07. The first-order chi connectivity index (χ1) is 14.1. The average Bonchev–Trinajstić information content (AvgIpc) is 2.69. The summed E-state index contributed by atoms with van der Waals surface area (Å²) in [7, 11) is 0. The van der Waals surface area contributed by atoms with Gasteiger partial charge in [0, 0.05) is 23.3 Å². The fourth-order valence-corrected chi connectivity index (χ4v) is 3.08. The number of benzene rings is 2. The van der Waals surface area contributed by atoms with Crippen LogP contribution in [0.25, 0.3) is 10.9 Å². The lowest BCUT2D eigenvalue weighted by Crippen LogP contribution is -2.05. The maximum absolute atomic E-state index is 5.69. The van der Waals surface area contributed by atoms with Crippen LogP contribution in [0.5, 0.6) is 5.75 Å². The Morgan fingerprint density at radius 3 is 2.34 bits per heavy atom. The molecule has 0 fully saturated rings. The van der Waals surface area contributed by atoms with E-state index in [1.54, 1.807) is 6.20 Å². The van der Waals surface area contributed by atoms with Crippen molar-refractivity contribution in [2.75, 3.05) is 10.6 Å². The van der Waals surface area contributed by atoms with Gasteiger partial charge in [0.05, 0.1) is 17.3 Å². The van der Waals surface area contributed by atoms with Crippen molar-refractivity contribution in [3.8, 4) is 5.75 Å². The van der Waals surface area contributed by atoms with Crippen molar-refractivity contribution >= 4 is 33.9 Å². The second-order valence-electron chi connectivity index (χ2n) is 7.01. The Labute approximate surface area is 170 Å². The second kappa shape index (κ2) is 8.14. The van der Waals surface area contributed by atoms with E-state index in [4.69, 9.17) is 4.74 Å². The van der Waals surface area contributed by atoms with E-state index in [-0.39, 0.29) is 6.10 Å². The molecule has 0 saturated carbocycles. The smallest absolute Gasteiger partial charge is 0.136 e. The minimum absolute atomic E-state index is 0.149. The number of pyridine rings is 1. The molecule has 0 bridgehead atoms. The Hall–Kier alpha value is -3.67. The largest absolute Gasteiger partial charge is 0.491 e. The molecule has 6 heteroatoms. The minimum atomic E-state index is 0.149. The number of aryl methyl sites for hydroxylation is 1. The number of anilines is 4. The van der Waals surface area contributed by atoms with Crippen molar-refractivity contribution in [3.05, 3.63) is 72.7 Å². The fraction of sp³-hybridized carbons (Fsp3) is 0.174. The lowest BCUT2D eigenvalue weighted by atomic mass is 10.2. The third kappa shape index (κ3) is 4.60. The van der Waals surface area contributed by atoms with E-state index in [1.807, 2.05) is 81.4 Å². The molecule has 0 aliphatic heterocycles. The fourth-order valence-electron chi connectivity index (χ4n) is 3.08. The third-order valence-corrected chi connectivity index (χ3v) is 4.23. The van der Waals surface area contributed by atoms with Gasteiger partial charge in [0.15, 0.2) is 0 Å². The van der Waals surface area contributed by atoms with Gasteiger partial charge in [0.25, 0.3) is 0 Å². The summed E-state index contributed by atoms with van der Waals surface area (Å²) in [6.45, 7) is 5.89. The molecule has 0 aliphatic carbocycles. The lowest BCUT2D eigenvalue weighted by molar-refractivity contribution is 0.242. The van der Waals surface area contributed by atoms with E-state index in [0.29, 0.717) is 17.5 Å². The zero-order valence-electron chi connectivity index (χ0n) is 16.7. The highest BCUT2D eigenvalue weighted by atomic mass is 16.5. The summed E-state index contributed by atoms with van der Waals surface area (Å²) < 4.78 is 5.69. The van der Waals surface area contributed by atoms with Crippen LogP contribution in [0.1, 0.15) is 19.7 Å². The van der Waals surface area contributed by atoms with Gasteiger partial charge in [0.2, 0.25) is 0 Å². The molecule has 2 heterocycles. The van der Waals surface area contributed by atoms with E-state index in [0.717, 1.165) is 28.0 Å². The van der Waals surface area contributed by atoms with Gasteiger partial charge in [-0.3, -0.25) is 4.98 Å². The number of nitrogens with zero attached hydrogens (tertiary/aromatic N) is 3. The van der Waals surface area contributed by atoms with Gasteiger partial charge in [-0.15, -0.1) is 0 Å². The van der Waals surface area contributed by atoms with Gasteiger partial charge in [-0.05, 0) is 57.2 Å². The van der Waals surface area contributed by atoms with Crippen LogP contribution in [0.2, 0.25) is 0 Å². The van der Waals surface area contributed by atoms with Crippen molar-refractivity contribution in [2.45, 2.75) is 26.9 Å². The molecule has 0 amide bonds. The van der Waals surface area contributed by atoms with E-state index in [9.17, 15) is 0 Å². The SMILES string of the molecule is Cc1nc(Nc2ccc(OC(C)C)cc2)cc(Nc2cccc3cccnc23)n1. The van der Waals surface area contributed by atoms with Crippen molar-refractivity contribution in [2.24, 2.45) is 0 Å². The first-order valence-corrected chi connectivity index (χ1v) is 9.57. The van der Waals surface area contributed by atoms with Crippen LogP contribution in [0.3, 0.4) is 0 Å². The first kappa shape index (κ1) is 18.7. The molecule has 0 saturated heterocycles. The summed E-state index contributed by atoms with van der Waals surface area (Å²) in [6, 6.07) is 19.7. The zero-order valence-corrected chi connectivity index (χ0v) is 16.7. The zero-order chi connectivity index (χ0) is 20.2. The van der Waals surface area contributed by atoms with E-state index >= 15 is 0 Å². The quantitative estimate of drug-likeness (QED) is 0.450. The minimum Gasteiger partial charge on any atom is -0.491 e. The van der Waals surface area contributed by atoms with Crippen LogP contribution < -0.4 is 15.4 Å². The molecule has 4 aromatic rings. The Balaban J connectivity index is 1.56. The first-order valence-electron chi connectivity index (χ1n) is 9.57. The van der Waals surface area contributed by atoms with Crippen molar-refractivity contribution in [3.63, 3.8) is 0 Å². The molecule has 2 N–H and O–H groups in total. The van der Waals surface area contributed by atoms with Gasteiger partial charge in [0.1, 0.15) is 23.2 Å². The maximum Gasteiger partial charge on any atom is 0.136 e. The van der Waals surface area contributed by atoms with Crippen LogP contribution in [-0.4, -0.2) is 21.1 Å². The standard InChI is InChI=1S/C23H23N5O/c1-15(2)29-19-11-9-18(10-12-19)27-21-14-22(26-16(3)25-21)28-20-8-4-6-17-7-5-13-24-23(17)20/h4-15H,1-3H3,(H2,25,26,27,28). The summed E-state index contributed by atoms with van der Waals surface area (Å²) >= 11 is 0. The van der Waals surface area contributed by atoms with Gasteiger partial charge < -0.3 is 15.4 Å². The number of para-hydroxylation sites is 1. The average molecular weight is 385 g/mol. The molecular weight excluding hydrogens is 362 g/mol. The molecule has 0 radical (unpaired) electrons. The van der Waals surface area contributed by atoms with E-state index < -0.39 is 0 Å². The normalized spacial score (nSPS) is 10.9. The van der Waals surface area contributed by atoms with Crippen molar-refractivity contribution in [1.29, 1.82) is 0 Å². The van der Waals surface area contributed by atoms with Gasteiger partial charge in [-0.25, -0.2) is 9.97 Å². The number of nitrogens with one attached hydrogen (secondary N) is 2. The van der Waals surface area contributed by atoms with E-state index in [2.05, 4.69) is 25.6 Å². The number of rotatable bonds is 6. The van der Waals surface area contributed by atoms with Gasteiger partial charge >= 0.3 is 0 Å². The number of hydrogen-bond acceptors (Lipinski definition) is 6. The molecule has 6 nitrogen and oxygen atoms in total. The molecule has 0 unspecified atom stereocenters. The summed E-state index contributed by atoms with van der Waals surface area (Å²) in [5.74, 6) is 2.93. The summed E-state index contributed by atoms with van der Waals surface area (Å²) in [5.41, 5.74) is 2.74. The monoisotopic (exact) mass is 385 g/mol. The molecule has 4 rings (SSSR count). The molecule has 29 heavy (non-hydrogen) atoms. The van der Waals surface area contributed by atoms with E-state index in [1.165, 1.54) is 0 Å². The third-order valence-electron chi connectivity index (χ3n) is 4.23. The molecular formula is C23H23N5O. The molecule has 2 aromatic heterocycles. The van der Waals surface area contributed by atoms with Crippen LogP contribution in [0, 0.1) is 6.92 Å². The van der Waals surface area contributed by atoms with Crippen LogP contribution in [-0.2, 0) is 0 Å². The highest BCUT2D eigenvalue weighted by molar-refractivity contribution is 5.91. The number of aromatic nitrogens is 3. The van der Waals surface area contributed by atoms with Crippen LogP contribution in [0.15, 0.2) is 66.9 Å². The Kier molecular flexibility index (Phi) is 5.24. The van der Waals surface area contributed by atoms with Gasteiger partial charge in [-0.1, -0.05) is 18.2 Å².